The van der Waals surface area contributed by atoms with E-state index in [2.05, 4.69) is 17.6 Å². The number of nitrogens with one attached hydrogen (secondary N) is 2. The summed E-state index contributed by atoms with van der Waals surface area (Å²) in [6.07, 6.45) is 3.98. The predicted molar refractivity (Wildman–Crippen MR) is 61.8 cm³/mol. The molecule has 90 valence electrons. The first-order valence-corrected chi connectivity index (χ1v) is 5.83. The van der Waals surface area contributed by atoms with Gasteiger partial charge in [-0.3, -0.25) is 0 Å². The Bertz CT molecular complexity index is 163. The predicted octanol–water partition coefficient (Wildman–Crippen LogP) is 1.49. The first kappa shape index (κ1) is 14.2. The molecule has 3 N–H and O–H groups in total. The summed E-state index contributed by atoms with van der Waals surface area (Å²) in [5, 5.41) is 14.4. The van der Waals surface area contributed by atoms with Gasteiger partial charge in [0.25, 0.3) is 0 Å². The Labute approximate surface area is 92.4 Å². The van der Waals surface area contributed by atoms with Gasteiger partial charge in [-0.2, -0.15) is 0 Å². The first-order valence-electron chi connectivity index (χ1n) is 5.83. The number of unbranched alkanes of at least 4 members (excludes halogenated alkanes) is 1. The van der Waals surface area contributed by atoms with E-state index in [1.165, 1.54) is 0 Å². The first-order chi connectivity index (χ1) is 7.20. The lowest BCUT2D eigenvalue weighted by atomic mass is 10.1. The van der Waals surface area contributed by atoms with Crippen LogP contribution in [0.3, 0.4) is 0 Å². The number of aliphatic hydroxyl groups excluding tert-OH is 1. The molecule has 0 aromatic heterocycles. The SMILES string of the molecule is CCCCNC(=O)NCCCC(C)CO. The van der Waals surface area contributed by atoms with Crippen LogP contribution in [0.2, 0.25) is 0 Å². The molecule has 0 aliphatic carbocycles. The Morgan fingerprint density at radius 2 is 1.87 bits per heavy atom. The van der Waals surface area contributed by atoms with Crippen LogP contribution in [-0.2, 0) is 0 Å². The van der Waals surface area contributed by atoms with Crippen molar-refractivity contribution in [2.45, 2.75) is 39.5 Å². The summed E-state index contributed by atoms with van der Waals surface area (Å²) >= 11 is 0. The third-order valence-corrected chi connectivity index (χ3v) is 2.29. The van der Waals surface area contributed by atoms with E-state index < -0.39 is 0 Å². The Hall–Kier alpha value is -0.770. The molecular weight excluding hydrogens is 192 g/mol. The number of carbonyl (C=O) groups excluding carboxylic acids is 1. The van der Waals surface area contributed by atoms with E-state index >= 15 is 0 Å². The summed E-state index contributed by atoms with van der Waals surface area (Å²) in [5.41, 5.74) is 0. The largest absolute Gasteiger partial charge is 0.396 e. The quantitative estimate of drug-likeness (QED) is 0.538. The summed E-state index contributed by atoms with van der Waals surface area (Å²) in [6, 6.07) is -0.0832. The van der Waals surface area contributed by atoms with Gasteiger partial charge in [0.15, 0.2) is 0 Å². The fraction of sp³-hybridized carbons (Fsp3) is 0.909. The average Bonchev–Trinajstić information content (AvgIpc) is 2.24. The van der Waals surface area contributed by atoms with Crippen LogP contribution in [0, 0.1) is 5.92 Å². The monoisotopic (exact) mass is 216 g/mol. The van der Waals surface area contributed by atoms with E-state index in [9.17, 15) is 4.79 Å². The van der Waals surface area contributed by atoms with Crippen molar-refractivity contribution in [1.29, 1.82) is 0 Å². The molecule has 2 amide bonds. The second kappa shape index (κ2) is 9.77. The van der Waals surface area contributed by atoms with Gasteiger partial charge in [0.2, 0.25) is 0 Å². The zero-order chi connectivity index (χ0) is 11.5. The van der Waals surface area contributed by atoms with E-state index in [4.69, 9.17) is 5.11 Å². The third-order valence-electron chi connectivity index (χ3n) is 2.29. The number of urea groups is 1. The highest BCUT2D eigenvalue weighted by Crippen LogP contribution is 2.02. The molecule has 1 atom stereocenters. The minimum Gasteiger partial charge on any atom is -0.396 e. The maximum absolute atomic E-state index is 11.2. The van der Waals surface area contributed by atoms with E-state index in [1.54, 1.807) is 0 Å². The normalized spacial score (nSPS) is 12.2. The van der Waals surface area contributed by atoms with Gasteiger partial charge in [0.1, 0.15) is 0 Å². The molecule has 0 saturated carbocycles. The van der Waals surface area contributed by atoms with Gasteiger partial charge in [-0.15, -0.1) is 0 Å². The fourth-order valence-electron chi connectivity index (χ4n) is 1.18. The highest BCUT2D eigenvalue weighted by Gasteiger charge is 2.01. The minimum absolute atomic E-state index is 0.0832. The van der Waals surface area contributed by atoms with E-state index in [0.717, 1.165) is 32.2 Å². The molecular formula is C11H24N2O2. The van der Waals surface area contributed by atoms with Crippen molar-refractivity contribution >= 4 is 6.03 Å². The number of carbonyl (C=O) groups is 1. The Morgan fingerprint density at radius 1 is 1.27 bits per heavy atom. The van der Waals surface area contributed by atoms with Crippen molar-refractivity contribution in [2.75, 3.05) is 19.7 Å². The number of hydrogen-bond donors (Lipinski definition) is 3. The Morgan fingerprint density at radius 3 is 2.40 bits per heavy atom. The molecule has 0 heterocycles. The number of hydrogen-bond acceptors (Lipinski definition) is 2. The lowest BCUT2D eigenvalue weighted by molar-refractivity contribution is 0.226. The average molecular weight is 216 g/mol. The van der Waals surface area contributed by atoms with Crippen molar-refractivity contribution in [3.8, 4) is 0 Å². The maximum atomic E-state index is 11.2. The molecule has 1 unspecified atom stereocenters. The second-order valence-electron chi connectivity index (χ2n) is 3.97. The Balaban J connectivity index is 3.23. The topological polar surface area (TPSA) is 61.4 Å². The van der Waals surface area contributed by atoms with Gasteiger partial charge >= 0.3 is 6.03 Å². The van der Waals surface area contributed by atoms with Crippen LogP contribution in [0.5, 0.6) is 0 Å². The van der Waals surface area contributed by atoms with Crippen LogP contribution in [0.1, 0.15) is 39.5 Å². The summed E-state index contributed by atoms with van der Waals surface area (Å²) in [7, 11) is 0. The number of aliphatic hydroxyl groups is 1. The maximum Gasteiger partial charge on any atom is 0.314 e. The molecule has 0 spiro atoms. The van der Waals surface area contributed by atoms with Crippen LogP contribution in [0.15, 0.2) is 0 Å². The van der Waals surface area contributed by atoms with Gasteiger partial charge in [0, 0.05) is 19.7 Å². The zero-order valence-corrected chi connectivity index (χ0v) is 9.88. The van der Waals surface area contributed by atoms with Gasteiger partial charge in [-0.1, -0.05) is 20.3 Å². The van der Waals surface area contributed by atoms with Gasteiger partial charge in [-0.25, -0.2) is 4.79 Å². The molecule has 0 aliphatic heterocycles. The third kappa shape index (κ3) is 9.53. The van der Waals surface area contributed by atoms with E-state index in [0.29, 0.717) is 12.5 Å². The molecule has 15 heavy (non-hydrogen) atoms. The number of rotatable bonds is 8. The van der Waals surface area contributed by atoms with Crippen molar-refractivity contribution in [2.24, 2.45) is 5.92 Å². The summed E-state index contributed by atoms with van der Waals surface area (Å²) in [5.74, 6) is 0.329. The van der Waals surface area contributed by atoms with Crippen molar-refractivity contribution in [3.63, 3.8) is 0 Å². The molecule has 4 heteroatoms. The van der Waals surface area contributed by atoms with Crippen LogP contribution in [0.4, 0.5) is 4.79 Å². The fourth-order valence-corrected chi connectivity index (χ4v) is 1.18. The molecule has 0 fully saturated rings. The molecule has 0 radical (unpaired) electrons. The summed E-state index contributed by atoms with van der Waals surface area (Å²) in [6.45, 7) is 5.75. The van der Waals surface area contributed by atoms with Gasteiger partial charge in [-0.05, 0) is 25.2 Å². The van der Waals surface area contributed by atoms with Gasteiger partial charge in [0.05, 0.1) is 0 Å². The van der Waals surface area contributed by atoms with Crippen LogP contribution < -0.4 is 10.6 Å². The van der Waals surface area contributed by atoms with E-state index in [-0.39, 0.29) is 12.6 Å². The van der Waals surface area contributed by atoms with E-state index in [1.807, 2.05) is 6.92 Å². The molecule has 0 aliphatic rings. The molecule has 0 aromatic rings. The van der Waals surface area contributed by atoms with Crippen LogP contribution >= 0.6 is 0 Å². The number of amides is 2. The Kier molecular flexibility index (Phi) is 9.27. The smallest absolute Gasteiger partial charge is 0.314 e. The van der Waals surface area contributed by atoms with Crippen molar-refractivity contribution < 1.29 is 9.90 Å². The lowest BCUT2D eigenvalue weighted by Gasteiger charge is -2.09. The molecule has 0 bridgehead atoms. The molecule has 0 rings (SSSR count). The lowest BCUT2D eigenvalue weighted by Crippen LogP contribution is -2.36. The van der Waals surface area contributed by atoms with Crippen molar-refractivity contribution in [3.05, 3.63) is 0 Å². The van der Waals surface area contributed by atoms with Crippen LogP contribution in [0.25, 0.3) is 0 Å². The van der Waals surface area contributed by atoms with Crippen LogP contribution in [-0.4, -0.2) is 30.8 Å². The minimum atomic E-state index is -0.0832. The molecule has 0 saturated heterocycles. The zero-order valence-electron chi connectivity index (χ0n) is 9.88. The highest BCUT2D eigenvalue weighted by atomic mass is 16.3. The van der Waals surface area contributed by atoms with Crippen molar-refractivity contribution in [1.82, 2.24) is 10.6 Å². The highest BCUT2D eigenvalue weighted by molar-refractivity contribution is 5.73. The van der Waals surface area contributed by atoms with Gasteiger partial charge < -0.3 is 15.7 Å². The summed E-state index contributed by atoms with van der Waals surface area (Å²) < 4.78 is 0. The molecule has 0 aromatic carbocycles. The standard InChI is InChI=1S/C11H24N2O2/c1-3-4-7-12-11(15)13-8-5-6-10(2)9-14/h10,14H,3-9H2,1-2H3,(H2,12,13,15). The summed E-state index contributed by atoms with van der Waals surface area (Å²) in [4.78, 5) is 11.2. The molecule has 4 nitrogen and oxygen atoms in total. The second-order valence-corrected chi connectivity index (χ2v) is 3.97.